The fourth-order valence-electron chi connectivity index (χ4n) is 2.53. The lowest BCUT2D eigenvalue weighted by Crippen LogP contribution is -2.25. The Bertz CT molecular complexity index is 644. The van der Waals surface area contributed by atoms with Crippen LogP contribution in [0.25, 0.3) is 11.4 Å². The molecule has 1 aliphatic heterocycles. The van der Waals surface area contributed by atoms with Gasteiger partial charge in [-0.05, 0) is 31.9 Å². The van der Waals surface area contributed by atoms with Crippen molar-refractivity contribution in [3.63, 3.8) is 0 Å². The van der Waals surface area contributed by atoms with Crippen molar-refractivity contribution in [2.75, 3.05) is 13.1 Å². The van der Waals surface area contributed by atoms with Crippen LogP contribution in [-0.2, 0) is 0 Å². The molecule has 1 N–H and O–H groups in total. The van der Waals surface area contributed by atoms with Crippen LogP contribution in [0, 0.1) is 12.7 Å². The highest BCUT2D eigenvalue weighted by Gasteiger charge is 2.28. The number of aliphatic hydroxyl groups is 1. The van der Waals surface area contributed by atoms with Crippen LogP contribution in [0.4, 0.5) is 4.39 Å². The maximum atomic E-state index is 13.6. The average Bonchev–Trinajstić information content (AvgIpc) is 3.10. The van der Waals surface area contributed by atoms with E-state index in [1.54, 1.807) is 19.1 Å². The molecule has 1 saturated heterocycles. The summed E-state index contributed by atoms with van der Waals surface area (Å²) in [5, 5.41) is 13.5. The average molecular weight is 291 g/mol. The predicted octanol–water partition coefficient (Wildman–Crippen LogP) is 2.31. The number of likely N-dealkylation sites (tertiary alicyclic amines) is 1. The number of hydrogen-bond acceptors (Lipinski definition) is 5. The molecule has 0 aliphatic carbocycles. The van der Waals surface area contributed by atoms with Gasteiger partial charge in [0, 0.05) is 18.7 Å². The fourth-order valence-corrected chi connectivity index (χ4v) is 2.53. The normalized spacial score (nSPS) is 20.9. The Hall–Kier alpha value is -1.79. The van der Waals surface area contributed by atoms with Gasteiger partial charge in [0.25, 0.3) is 0 Å². The first-order valence-electron chi connectivity index (χ1n) is 7.07. The Morgan fingerprint density at radius 3 is 2.95 bits per heavy atom. The van der Waals surface area contributed by atoms with Crippen LogP contribution >= 0.6 is 0 Å². The number of nitrogens with zero attached hydrogens (tertiary/aromatic N) is 3. The van der Waals surface area contributed by atoms with Crippen LogP contribution in [-0.4, -0.2) is 39.3 Å². The number of hydrogen-bond donors (Lipinski definition) is 1. The van der Waals surface area contributed by atoms with Gasteiger partial charge < -0.3 is 9.63 Å². The van der Waals surface area contributed by atoms with Crippen molar-refractivity contribution < 1.29 is 14.0 Å². The molecule has 21 heavy (non-hydrogen) atoms. The Morgan fingerprint density at radius 2 is 2.29 bits per heavy atom. The molecule has 2 atom stereocenters. The Balaban J connectivity index is 1.81. The van der Waals surface area contributed by atoms with Gasteiger partial charge >= 0.3 is 0 Å². The minimum Gasteiger partial charge on any atom is -0.392 e. The molecule has 1 unspecified atom stereocenters. The summed E-state index contributed by atoms with van der Waals surface area (Å²) in [6.07, 6.45) is 0.468. The van der Waals surface area contributed by atoms with Gasteiger partial charge in [-0.1, -0.05) is 17.3 Å². The van der Waals surface area contributed by atoms with Gasteiger partial charge in [-0.15, -0.1) is 0 Å². The molecule has 112 valence electrons. The molecule has 1 fully saturated rings. The number of aromatic nitrogens is 2. The molecule has 2 heterocycles. The molecule has 5 nitrogen and oxygen atoms in total. The summed E-state index contributed by atoms with van der Waals surface area (Å²) in [6.45, 7) is 5.09. The fraction of sp³-hybridized carbons (Fsp3) is 0.467. The summed E-state index contributed by atoms with van der Waals surface area (Å²) in [7, 11) is 0. The van der Waals surface area contributed by atoms with Crippen LogP contribution < -0.4 is 0 Å². The molecule has 1 aliphatic rings. The van der Waals surface area contributed by atoms with Crippen molar-refractivity contribution in [3.8, 4) is 11.4 Å². The molecule has 1 aromatic heterocycles. The third kappa shape index (κ3) is 2.82. The van der Waals surface area contributed by atoms with Gasteiger partial charge in [-0.25, -0.2) is 4.39 Å². The highest BCUT2D eigenvalue weighted by molar-refractivity contribution is 5.54. The smallest absolute Gasteiger partial charge is 0.244 e. The van der Waals surface area contributed by atoms with Crippen LogP contribution in [0.5, 0.6) is 0 Å². The second-order valence-electron chi connectivity index (χ2n) is 5.53. The molecular formula is C15H18FN3O2. The predicted molar refractivity (Wildman–Crippen MR) is 75.0 cm³/mol. The zero-order valence-electron chi connectivity index (χ0n) is 12.1. The molecule has 2 aromatic rings. The molecule has 0 radical (unpaired) electrons. The molecule has 0 amide bonds. The van der Waals surface area contributed by atoms with Gasteiger partial charge in [0.05, 0.1) is 12.1 Å². The molecular weight excluding hydrogens is 273 g/mol. The molecule has 0 bridgehead atoms. The quantitative estimate of drug-likeness (QED) is 0.940. The number of aliphatic hydroxyl groups excluding tert-OH is 1. The van der Waals surface area contributed by atoms with Crippen molar-refractivity contribution in [1.82, 2.24) is 15.0 Å². The Morgan fingerprint density at radius 1 is 1.48 bits per heavy atom. The highest BCUT2D eigenvalue weighted by atomic mass is 19.1. The second kappa shape index (κ2) is 5.54. The second-order valence-corrected chi connectivity index (χ2v) is 5.53. The maximum Gasteiger partial charge on any atom is 0.244 e. The van der Waals surface area contributed by atoms with E-state index >= 15 is 0 Å². The summed E-state index contributed by atoms with van der Waals surface area (Å²) >= 11 is 0. The standard InChI is InChI=1S/C15H18FN3O2/c1-9-3-4-11(7-13(9)16)14-17-15(21-18-14)10(2)19-6-5-12(20)8-19/h3-4,7,10,12,20H,5-6,8H2,1-2H3/t10?,12-/m0/s1. The van der Waals surface area contributed by atoms with Gasteiger partial charge in [0.2, 0.25) is 11.7 Å². The lowest BCUT2D eigenvalue weighted by molar-refractivity contribution is 0.151. The zero-order valence-corrected chi connectivity index (χ0v) is 12.1. The highest BCUT2D eigenvalue weighted by Crippen LogP contribution is 2.26. The molecule has 6 heteroatoms. The third-order valence-electron chi connectivity index (χ3n) is 3.97. The van der Waals surface area contributed by atoms with Crippen molar-refractivity contribution in [1.29, 1.82) is 0 Å². The van der Waals surface area contributed by atoms with Crippen molar-refractivity contribution >= 4 is 0 Å². The van der Waals surface area contributed by atoms with Crippen LogP contribution in [0.2, 0.25) is 0 Å². The van der Waals surface area contributed by atoms with Gasteiger partial charge in [-0.3, -0.25) is 4.90 Å². The van der Waals surface area contributed by atoms with Gasteiger partial charge in [0.1, 0.15) is 5.82 Å². The van der Waals surface area contributed by atoms with Crippen LogP contribution in [0.3, 0.4) is 0 Å². The lowest BCUT2D eigenvalue weighted by Gasteiger charge is -2.19. The molecule has 0 saturated carbocycles. The van der Waals surface area contributed by atoms with E-state index in [-0.39, 0.29) is 18.0 Å². The zero-order chi connectivity index (χ0) is 15.0. The first kappa shape index (κ1) is 14.2. The summed E-state index contributed by atoms with van der Waals surface area (Å²) in [5.41, 5.74) is 1.18. The minimum atomic E-state index is -0.291. The van der Waals surface area contributed by atoms with Crippen LogP contribution in [0.1, 0.15) is 30.8 Å². The monoisotopic (exact) mass is 291 g/mol. The lowest BCUT2D eigenvalue weighted by atomic mass is 10.1. The summed E-state index contributed by atoms with van der Waals surface area (Å²) in [6, 6.07) is 4.82. The molecule has 0 spiro atoms. The van der Waals surface area contributed by atoms with E-state index in [9.17, 15) is 9.50 Å². The molecule has 1 aromatic carbocycles. The van der Waals surface area contributed by atoms with E-state index in [1.807, 2.05) is 6.92 Å². The van der Waals surface area contributed by atoms with Crippen LogP contribution in [0.15, 0.2) is 22.7 Å². The van der Waals surface area contributed by atoms with Crippen molar-refractivity contribution in [3.05, 3.63) is 35.5 Å². The van der Waals surface area contributed by atoms with Crippen molar-refractivity contribution in [2.24, 2.45) is 0 Å². The summed E-state index contributed by atoms with van der Waals surface area (Å²) < 4.78 is 18.9. The van der Waals surface area contributed by atoms with E-state index in [0.29, 0.717) is 29.4 Å². The minimum absolute atomic E-state index is 0.0568. The topological polar surface area (TPSA) is 62.4 Å². The summed E-state index contributed by atoms with van der Waals surface area (Å²) in [5.74, 6) is 0.588. The van der Waals surface area contributed by atoms with Gasteiger partial charge in [-0.2, -0.15) is 4.98 Å². The number of halogens is 1. The third-order valence-corrected chi connectivity index (χ3v) is 3.97. The summed E-state index contributed by atoms with van der Waals surface area (Å²) in [4.78, 5) is 6.45. The number of aryl methyl sites for hydroxylation is 1. The molecule has 3 rings (SSSR count). The number of benzene rings is 1. The van der Waals surface area contributed by atoms with E-state index in [0.717, 1.165) is 13.0 Å². The first-order valence-corrected chi connectivity index (χ1v) is 7.07. The van der Waals surface area contributed by atoms with E-state index in [4.69, 9.17) is 4.52 Å². The van der Waals surface area contributed by atoms with Gasteiger partial charge in [0.15, 0.2) is 0 Å². The van der Waals surface area contributed by atoms with Crippen molar-refractivity contribution in [2.45, 2.75) is 32.4 Å². The Kier molecular flexibility index (Phi) is 3.73. The first-order chi connectivity index (χ1) is 10.0. The number of rotatable bonds is 3. The number of β-amino-alcohol motifs (C(OH)–C–C–N with tert-alkyl or cyclic N) is 1. The van der Waals surface area contributed by atoms with E-state index in [1.165, 1.54) is 6.07 Å². The largest absolute Gasteiger partial charge is 0.392 e. The van der Waals surface area contributed by atoms with E-state index < -0.39 is 0 Å². The maximum absolute atomic E-state index is 13.6. The van der Waals surface area contributed by atoms with E-state index in [2.05, 4.69) is 15.0 Å². The SMILES string of the molecule is Cc1ccc(-c2noc(C(C)N3CC[C@H](O)C3)n2)cc1F. The Labute approximate surface area is 122 Å².